The number of fused-ring (bicyclic) bond motifs is 2. The zero-order chi connectivity index (χ0) is 41.6. The number of hydrogen-bond acceptors (Lipinski definition) is 10. The van der Waals surface area contributed by atoms with Gasteiger partial charge >= 0.3 is 0 Å². The van der Waals surface area contributed by atoms with E-state index in [1.165, 1.54) is 33.4 Å². The van der Waals surface area contributed by atoms with Crippen LogP contribution >= 0.6 is 0 Å². The van der Waals surface area contributed by atoms with Crippen LogP contribution in [0.2, 0.25) is 0 Å². The molecule has 4 N–H and O–H groups in total. The Kier molecular flexibility index (Phi) is 14.1. The standard InChI is InChI=1S/C23H31N3O3S.C22H29N3O3S/c1-18-5-8-22-19(17-18)10-16-29-23(22)9-11-25-12-14-26(15-13-25)20-3-2-4-21(7-6-20)30(24,27)28;1-17-2-3-18-9-15-28-22(21(18)16-17)8-10-24-11-13-25(14-12-24)19-4-6-20(7-5-19)29(23,26)27/h3-8,17,23H,2,9-16H2,1H3,(H2,24,27,28);2-7,16,22H,8-15H2,1H3,(H2,23,26,27). The van der Waals surface area contributed by atoms with Gasteiger partial charge in [0.05, 0.1) is 35.2 Å². The molecule has 3 aromatic carbocycles. The van der Waals surface area contributed by atoms with E-state index in [-0.39, 0.29) is 22.0 Å². The number of sulfonamides is 2. The van der Waals surface area contributed by atoms with E-state index < -0.39 is 20.0 Å². The van der Waals surface area contributed by atoms with Gasteiger partial charge in [-0.05, 0) is 105 Å². The first-order chi connectivity index (χ1) is 28.3. The predicted octanol–water partition coefficient (Wildman–Crippen LogP) is 5.10. The average Bonchev–Trinajstić information content (AvgIpc) is 3.50. The number of nitrogens with zero attached hydrogens (tertiary/aromatic N) is 4. The number of hydrogen-bond donors (Lipinski definition) is 2. The highest BCUT2D eigenvalue weighted by Gasteiger charge is 2.26. The molecule has 0 spiro atoms. The summed E-state index contributed by atoms with van der Waals surface area (Å²) in [5.41, 5.74) is 10.3. The summed E-state index contributed by atoms with van der Waals surface area (Å²) in [6, 6.07) is 20.3. The van der Waals surface area contributed by atoms with Gasteiger partial charge in [0.2, 0.25) is 20.0 Å². The molecule has 2 saturated heterocycles. The maximum Gasteiger partial charge on any atom is 0.238 e. The van der Waals surface area contributed by atoms with Gasteiger partial charge in [0, 0.05) is 76.8 Å². The van der Waals surface area contributed by atoms with Crippen molar-refractivity contribution >= 4 is 25.7 Å². The van der Waals surface area contributed by atoms with Gasteiger partial charge in [0.1, 0.15) is 0 Å². The first kappa shape index (κ1) is 43.2. The number of ether oxygens (including phenoxy) is 2. The van der Waals surface area contributed by atoms with Crippen molar-refractivity contribution in [1.82, 2.24) is 14.7 Å². The fourth-order valence-corrected chi connectivity index (χ4v) is 9.84. The van der Waals surface area contributed by atoms with Crippen LogP contribution in [0.5, 0.6) is 0 Å². The van der Waals surface area contributed by atoms with Gasteiger partial charge in [-0.3, -0.25) is 9.80 Å². The molecular weight excluding hydrogens is 785 g/mol. The van der Waals surface area contributed by atoms with E-state index in [1.807, 2.05) is 18.2 Å². The molecule has 1 aliphatic carbocycles. The SMILES string of the molecule is Cc1ccc2c(c1)C(CCN1CCN(c3ccc(S(N)(=O)=O)cc3)CC1)OCC2.Cc1ccc2c(c1)CCOC2CCN1CCN(C2=CCC=C(S(N)(=O)=O)C=C2)CC1. The summed E-state index contributed by atoms with van der Waals surface area (Å²) in [7, 11) is -7.29. The number of anilines is 1. The summed E-state index contributed by atoms with van der Waals surface area (Å²) >= 11 is 0. The van der Waals surface area contributed by atoms with E-state index in [0.717, 1.165) is 116 Å². The van der Waals surface area contributed by atoms with Crippen molar-refractivity contribution < 1.29 is 26.3 Å². The van der Waals surface area contributed by atoms with Gasteiger partial charge in [-0.2, -0.15) is 0 Å². The van der Waals surface area contributed by atoms with Gasteiger partial charge < -0.3 is 19.3 Å². The summed E-state index contributed by atoms with van der Waals surface area (Å²) in [5.74, 6) is 0. The smallest absolute Gasteiger partial charge is 0.238 e. The topological polar surface area (TPSA) is 152 Å². The first-order valence-corrected chi connectivity index (χ1v) is 24.0. The summed E-state index contributed by atoms with van der Waals surface area (Å²) in [4.78, 5) is 9.94. The second kappa shape index (κ2) is 19.2. The quantitative estimate of drug-likeness (QED) is 0.282. The van der Waals surface area contributed by atoms with E-state index in [4.69, 9.17) is 19.8 Å². The van der Waals surface area contributed by atoms with Gasteiger partial charge in [-0.25, -0.2) is 27.1 Å². The van der Waals surface area contributed by atoms with Crippen LogP contribution in [-0.4, -0.2) is 110 Å². The van der Waals surface area contributed by atoms with Gasteiger partial charge in [0.15, 0.2) is 0 Å². The number of primary sulfonamides is 2. The third kappa shape index (κ3) is 11.5. The maximum absolute atomic E-state index is 11.6. The lowest BCUT2D eigenvalue weighted by Gasteiger charge is -2.37. The molecule has 8 rings (SSSR count). The Labute approximate surface area is 351 Å². The number of nitrogens with two attached hydrogens (primary N) is 2. The fourth-order valence-electron chi connectivity index (χ4n) is 8.74. The van der Waals surface area contributed by atoms with Gasteiger partial charge in [0.25, 0.3) is 0 Å². The Bertz CT molecular complexity index is 2240. The minimum Gasteiger partial charge on any atom is -0.373 e. The van der Waals surface area contributed by atoms with E-state index in [1.54, 1.807) is 24.3 Å². The first-order valence-electron chi connectivity index (χ1n) is 20.9. The molecule has 0 bridgehead atoms. The largest absolute Gasteiger partial charge is 0.373 e. The molecule has 4 heterocycles. The molecule has 59 heavy (non-hydrogen) atoms. The van der Waals surface area contributed by atoms with Crippen molar-refractivity contribution in [3.63, 3.8) is 0 Å². The van der Waals surface area contributed by atoms with Crippen LogP contribution in [0.3, 0.4) is 0 Å². The van der Waals surface area contributed by atoms with Crippen molar-refractivity contribution in [3.05, 3.63) is 129 Å². The number of aryl methyl sites for hydroxylation is 2. The van der Waals surface area contributed by atoms with Crippen molar-refractivity contribution in [1.29, 1.82) is 0 Å². The normalized spacial score (nSPS) is 21.7. The minimum atomic E-state index is -3.65. The monoisotopic (exact) mass is 844 g/mol. The van der Waals surface area contributed by atoms with Crippen LogP contribution in [-0.2, 0) is 42.4 Å². The minimum absolute atomic E-state index is 0.155. The Hall–Kier alpha value is -3.86. The van der Waals surface area contributed by atoms with E-state index in [0.29, 0.717) is 6.42 Å². The van der Waals surface area contributed by atoms with Crippen LogP contribution in [0.25, 0.3) is 0 Å². The van der Waals surface area contributed by atoms with Crippen LogP contribution in [0, 0.1) is 13.8 Å². The molecule has 2 atom stereocenters. The zero-order valence-electron chi connectivity index (χ0n) is 34.5. The fraction of sp³-hybridized carbons (Fsp3) is 0.467. The lowest BCUT2D eigenvalue weighted by atomic mass is 9.94. The van der Waals surface area contributed by atoms with Gasteiger partial charge in [-0.15, -0.1) is 0 Å². The third-order valence-corrected chi connectivity index (χ3v) is 14.0. The molecule has 0 radical (unpaired) electrons. The molecule has 318 valence electrons. The van der Waals surface area contributed by atoms with Crippen molar-refractivity contribution in [2.45, 2.75) is 63.1 Å². The number of benzene rings is 3. The van der Waals surface area contributed by atoms with Crippen molar-refractivity contribution in [3.8, 4) is 0 Å². The van der Waals surface area contributed by atoms with Crippen LogP contribution in [0.15, 0.2) is 100 Å². The molecule has 3 aromatic rings. The number of rotatable bonds is 10. The van der Waals surface area contributed by atoms with E-state index in [9.17, 15) is 16.8 Å². The van der Waals surface area contributed by atoms with Crippen LogP contribution < -0.4 is 15.2 Å². The molecule has 12 nitrogen and oxygen atoms in total. The molecule has 0 saturated carbocycles. The predicted molar refractivity (Wildman–Crippen MR) is 234 cm³/mol. The Morgan fingerprint density at radius 3 is 1.81 bits per heavy atom. The summed E-state index contributed by atoms with van der Waals surface area (Å²) < 4.78 is 58.1. The Morgan fingerprint density at radius 1 is 0.610 bits per heavy atom. The molecule has 0 aromatic heterocycles. The van der Waals surface area contributed by atoms with Crippen molar-refractivity contribution in [2.75, 3.05) is 83.6 Å². The average molecular weight is 845 g/mol. The number of allylic oxidation sites excluding steroid dienone is 4. The Morgan fingerprint density at radius 2 is 1.19 bits per heavy atom. The third-order valence-electron chi connectivity index (χ3n) is 12.1. The maximum atomic E-state index is 11.6. The van der Waals surface area contributed by atoms with E-state index >= 15 is 0 Å². The van der Waals surface area contributed by atoms with E-state index in [2.05, 4.69) is 75.9 Å². The highest BCUT2D eigenvalue weighted by Crippen LogP contribution is 2.32. The summed E-state index contributed by atoms with van der Waals surface area (Å²) in [5, 5.41) is 10.4. The summed E-state index contributed by atoms with van der Waals surface area (Å²) in [6.07, 6.45) is 12.2. The molecule has 0 amide bonds. The summed E-state index contributed by atoms with van der Waals surface area (Å²) in [6.45, 7) is 15.6. The van der Waals surface area contributed by atoms with Crippen LogP contribution in [0.1, 0.15) is 64.9 Å². The lowest BCUT2D eigenvalue weighted by molar-refractivity contribution is 0.0260. The molecule has 4 aliphatic heterocycles. The van der Waals surface area contributed by atoms with Gasteiger partial charge in [-0.1, -0.05) is 59.7 Å². The molecule has 5 aliphatic rings. The molecule has 2 unspecified atom stereocenters. The molecular formula is C45H60N6O6S2. The van der Waals surface area contributed by atoms with Crippen molar-refractivity contribution in [2.24, 2.45) is 10.3 Å². The molecule has 2 fully saturated rings. The second-order valence-corrected chi connectivity index (χ2v) is 19.4. The second-order valence-electron chi connectivity index (χ2n) is 16.2. The highest BCUT2D eigenvalue weighted by atomic mass is 32.2. The molecule has 14 heteroatoms. The lowest BCUT2D eigenvalue weighted by Crippen LogP contribution is -2.47. The Balaban J connectivity index is 0.000000179. The highest BCUT2D eigenvalue weighted by molar-refractivity contribution is 7.93. The number of piperazine rings is 2. The van der Waals surface area contributed by atoms with Crippen LogP contribution in [0.4, 0.5) is 5.69 Å². The zero-order valence-corrected chi connectivity index (χ0v) is 36.1.